The highest BCUT2D eigenvalue weighted by Crippen LogP contribution is 2.22. The maximum atomic E-state index is 5.89. The summed E-state index contributed by atoms with van der Waals surface area (Å²) in [5.41, 5.74) is 3.08. The van der Waals surface area contributed by atoms with E-state index in [0.29, 0.717) is 5.15 Å². The molecule has 1 aromatic heterocycles. The van der Waals surface area contributed by atoms with E-state index in [9.17, 15) is 0 Å². The van der Waals surface area contributed by atoms with Crippen molar-refractivity contribution in [3.8, 4) is 0 Å². The first kappa shape index (κ1) is 11.8. The lowest BCUT2D eigenvalue weighted by molar-refractivity contribution is 1.16. The van der Waals surface area contributed by atoms with E-state index in [1.54, 1.807) is 0 Å². The fraction of sp³-hybridized carbons (Fsp3) is 0.300. The Morgan fingerprint density at radius 3 is 2.93 bits per heavy atom. The maximum Gasteiger partial charge on any atom is 0.133 e. The summed E-state index contributed by atoms with van der Waals surface area (Å²) in [4.78, 5) is 4.21. The average Bonchev–Trinajstić information content (AvgIpc) is 2.09. The number of aromatic nitrogens is 1. The van der Waals surface area contributed by atoms with Crippen molar-refractivity contribution < 1.29 is 0 Å². The van der Waals surface area contributed by atoms with Crippen LogP contribution in [0.1, 0.15) is 12.5 Å². The molecular weight excluding hydrogens is 310 g/mol. The monoisotopic (exact) mass is 322 g/mol. The van der Waals surface area contributed by atoms with Gasteiger partial charge in [-0.2, -0.15) is 0 Å². The van der Waals surface area contributed by atoms with E-state index >= 15 is 0 Å². The van der Waals surface area contributed by atoms with Gasteiger partial charge < -0.3 is 5.32 Å². The van der Waals surface area contributed by atoms with Crippen LogP contribution in [-0.2, 0) is 0 Å². The third-order valence-electron chi connectivity index (χ3n) is 1.69. The molecule has 0 atom stereocenters. The predicted octanol–water partition coefficient (Wildman–Crippen LogP) is 3.64. The zero-order valence-corrected chi connectivity index (χ0v) is 11.1. The number of rotatable bonds is 3. The van der Waals surface area contributed by atoms with Gasteiger partial charge in [0.25, 0.3) is 0 Å². The van der Waals surface area contributed by atoms with E-state index in [4.69, 9.17) is 11.6 Å². The molecule has 0 aliphatic carbocycles. The molecule has 0 aromatic carbocycles. The van der Waals surface area contributed by atoms with Crippen LogP contribution in [0, 0.1) is 10.6 Å². The number of halogens is 2. The molecule has 4 heteroatoms. The lowest BCUT2D eigenvalue weighted by Gasteiger charge is -2.09. The van der Waals surface area contributed by atoms with E-state index < -0.39 is 0 Å². The number of anilines is 1. The van der Waals surface area contributed by atoms with Crippen LogP contribution < -0.4 is 5.32 Å². The van der Waals surface area contributed by atoms with Gasteiger partial charge in [-0.3, -0.25) is 0 Å². The third kappa shape index (κ3) is 3.13. The Hall–Kier alpha value is -0.290. The molecule has 0 unspecified atom stereocenters. The maximum absolute atomic E-state index is 5.89. The fourth-order valence-electron chi connectivity index (χ4n) is 0.940. The van der Waals surface area contributed by atoms with Crippen LogP contribution in [0.15, 0.2) is 18.2 Å². The summed E-state index contributed by atoms with van der Waals surface area (Å²) in [7, 11) is 0. The van der Waals surface area contributed by atoms with Crippen LogP contribution in [-0.4, -0.2) is 11.5 Å². The number of hydrogen-bond acceptors (Lipinski definition) is 2. The predicted molar refractivity (Wildman–Crippen MR) is 70.0 cm³/mol. The van der Waals surface area contributed by atoms with Crippen LogP contribution in [0.3, 0.4) is 0 Å². The highest BCUT2D eigenvalue weighted by atomic mass is 127. The van der Waals surface area contributed by atoms with Crippen molar-refractivity contribution in [1.82, 2.24) is 4.98 Å². The van der Waals surface area contributed by atoms with Crippen molar-refractivity contribution in [3.05, 3.63) is 32.6 Å². The van der Waals surface area contributed by atoms with E-state index in [1.807, 2.05) is 19.9 Å². The lowest BCUT2D eigenvalue weighted by atomic mass is 10.3. The number of hydrogen-bond donors (Lipinski definition) is 1. The van der Waals surface area contributed by atoms with Gasteiger partial charge in [0.2, 0.25) is 0 Å². The summed E-state index contributed by atoms with van der Waals surface area (Å²) in [5.74, 6) is 0. The van der Waals surface area contributed by atoms with Crippen LogP contribution in [0.25, 0.3) is 0 Å². The second-order valence-corrected chi connectivity index (χ2v) is 4.62. The van der Waals surface area contributed by atoms with Gasteiger partial charge in [-0.25, -0.2) is 4.98 Å². The lowest BCUT2D eigenvalue weighted by Crippen LogP contribution is -2.05. The molecule has 0 spiro atoms. The highest BCUT2D eigenvalue weighted by Gasteiger charge is 2.04. The van der Waals surface area contributed by atoms with Crippen LogP contribution in [0.2, 0.25) is 5.15 Å². The first-order valence-corrected chi connectivity index (χ1v) is 5.67. The zero-order valence-electron chi connectivity index (χ0n) is 8.19. The van der Waals surface area contributed by atoms with Crippen molar-refractivity contribution >= 4 is 39.9 Å². The SMILES string of the molecule is C=C(C)CNc1cc(C)c(Cl)nc1I. The fourth-order valence-corrected chi connectivity index (χ4v) is 1.81. The van der Waals surface area contributed by atoms with Gasteiger partial charge in [0.05, 0.1) is 5.69 Å². The van der Waals surface area contributed by atoms with Gasteiger partial charge in [-0.05, 0) is 48.1 Å². The molecule has 14 heavy (non-hydrogen) atoms. The number of pyridine rings is 1. The van der Waals surface area contributed by atoms with Gasteiger partial charge in [0.1, 0.15) is 8.85 Å². The minimum atomic E-state index is 0.565. The summed E-state index contributed by atoms with van der Waals surface area (Å²) in [6.07, 6.45) is 0. The molecule has 1 N–H and O–H groups in total. The highest BCUT2D eigenvalue weighted by molar-refractivity contribution is 14.1. The molecule has 0 radical (unpaired) electrons. The van der Waals surface area contributed by atoms with Gasteiger partial charge in [-0.15, -0.1) is 0 Å². The Bertz CT molecular complexity index is 363. The van der Waals surface area contributed by atoms with Crippen LogP contribution in [0.5, 0.6) is 0 Å². The summed E-state index contributed by atoms with van der Waals surface area (Å²) in [5, 5.41) is 3.82. The smallest absolute Gasteiger partial charge is 0.133 e. The Labute approximate surface area is 103 Å². The molecular formula is C10H12ClIN2. The van der Waals surface area contributed by atoms with Crippen LogP contribution >= 0.6 is 34.2 Å². The molecule has 0 amide bonds. The first-order chi connectivity index (χ1) is 6.50. The second-order valence-electron chi connectivity index (χ2n) is 3.25. The summed E-state index contributed by atoms with van der Waals surface area (Å²) in [6, 6.07) is 2.00. The van der Waals surface area contributed by atoms with Crippen LogP contribution in [0.4, 0.5) is 5.69 Å². The van der Waals surface area contributed by atoms with Crippen molar-refractivity contribution in [2.45, 2.75) is 13.8 Å². The molecule has 0 saturated carbocycles. The van der Waals surface area contributed by atoms with E-state index in [0.717, 1.165) is 27.1 Å². The normalized spacial score (nSPS) is 10.0. The van der Waals surface area contributed by atoms with Crippen molar-refractivity contribution in [2.24, 2.45) is 0 Å². The molecule has 0 aliphatic rings. The standard InChI is InChI=1S/C10H12ClIN2/c1-6(2)5-13-8-4-7(3)9(11)14-10(8)12/h4,13H,1,5H2,2-3H3. The number of nitrogens with zero attached hydrogens (tertiary/aromatic N) is 1. The van der Waals surface area contributed by atoms with E-state index in [-0.39, 0.29) is 0 Å². The molecule has 0 bridgehead atoms. The van der Waals surface area contributed by atoms with Crippen molar-refractivity contribution in [3.63, 3.8) is 0 Å². The molecule has 0 saturated heterocycles. The van der Waals surface area contributed by atoms with E-state index in [1.165, 1.54) is 0 Å². The summed E-state index contributed by atoms with van der Waals surface area (Å²) in [6.45, 7) is 8.52. The minimum Gasteiger partial charge on any atom is -0.379 e. The van der Waals surface area contributed by atoms with Crippen molar-refractivity contribution in [1.29, 1.82) is 0 Å². The molecule has 1 aromatic rings. The second kappa shape index (κ2) is 4.98. The minimum absolute atomic E-state index is 0.565. The Morgan fingerprint density at radius 2 is 2.36 bits per heavy atom. The topological polar surface area (TPSA) is 24.9 Å². The Balaban J connectivity index is 2.87. The number of nitrogens with one attached hydrogen (secondary N) is 1. The largest absolute Gasteiger partial charge is 0.379 e. The Morgan fingerprint density at radius 1 is 1.71 bits per heavy atom. The average molecular weight is 323 g/mol. The quantitative estimate of drug-likeness (QED) is 0.522. The van der Waals surface area contributed by atoms with Gasteiger partial charge >= 0.3 is 0 Å². The van der Waals surface area contributed by atoms with Gasteiger partial charge in [0.15, 0.2) is 0 Å². The van der Waals surface area contributed by atoms with Gasteiger partial charge in [-0.1, -0.05) is 23.8 Å². The molecule has 1 rings (SSSR count). The molecule has 0 fully saturated rings. The van der Waals surface area contributed by atoms with Gasteiger partial charge in [0, 0.05) is 6.54 Å². The zero-order chi connectivity index (χ0) is 10.7. The Kier molecular flexibility index (Phi) is 4.19. The molecule has 2 nitrogen and oxygen atoms in total. The molecule has 1 heterocycles. The number of aryl methyl sites for hydroxylation is 1. The van der Waals surface area contributed by atoms with Crippen molar-refractivity contribution in [2.75, 3.05) is 11.9 Å². The first-order valence-electron chi connectivity index (χ1n) is 4.21. The summed E-state index contributed by atoms with van der Waals surface area (Å²) >= 11 is 8.05. The molecule has 0 aliphatic heterocycles. The summed E-state index contributed by atoms with van der Waals surface area (Å²) < 4.78 is 0.888. The molecule has 76 valence electrons. The van der Waals surface area contributed by atoms with E-state index in [2.05, 4.69) is 39.5 Å². The third-order valence-corrected chi connectivity index (χ3v) is 2.89.